The minimum Gasteiger partial charge on any atom is -0.454 e. The van der Waals surface area contributed by atoms with Gasteiger partial charge in [0.2, 0.25) is 6.79 Å². The minimum absolute atomic E-state index is 0.0779. The van der Waals surface area contributed by atoms with E-state index in [0.717, 1.165) is 5.82 Å². The Morgan fingerprint density at radius 2 is 2.00 bits per heavy atom. The van der Waals surface area contributed by atoms with Crippen LogP contribution in [-0.4, -0.2) is 45.0 Å². The van der Waals surface area contributed by atoms with E-state index in [1.54, 1.807) is 34.7 Å². The van der Waals surface area contributed by atoms with Gasteiger partial charge in [-0.3, -0.25) is 9.36 Å². The summed E-state index contributed by atoms with van der Waals surface area (Å²) in [5.74, 6) is 1.89. The number of carbonyl (C=O) groups excluding carboxylic acids is 1. The fourth-order valence-corrected chi connectivity index (χ4v) is 2.95. The molecule has 2 aliphatic heterocycles. The molecule has 120 valence electrons. The molecule has 2 aliphatic rings. The molecule has 0 atom stereocenters. The Hall–Kier alpha value is -2.77. The lowest BCUT2D eigenvalue weighted by molar-refractivity contribution is 0.0758. The summed E-state index contributed by atoms with van der Waals surface area (Å²) in [6, 6.07) is 5.18. The van der Waals surface area contributed by atoms with Crippen LogP contribution in [0.15, 0.2) is 23.0 Å². The number of amides is 1. The van der Waals surface area contributed by atoms with Crippen molar-refractivity contribution >= 4 is 5.91 Å². The van der Waals surface area contributed by atoms with E-state index in [2.05, 4.69) is 5.10 Å². The Bertz CT molecular complexity index is 838. The largest absolute Gasteiger partial charge is 0.454 e. The molecule has 0 bridgehead atoms. The van der Waals surface area contributed by atoms with Crippen LogP contribution in [0.3, 0.4) is 0 Å². The fraction of sp³-hybridized carbons (Fsp3) is 0.400. The molecule has 8 nitrogen and oxygen atoms in total. The van der Waals surface area contributed by atoms with Gasteiger partial charge in [0.25, 0.3) is 5.91 Å². The number of rotatable bonds is 1. The first-order valence-electron chi connectivity index (χ1n) is 7.45. The molecule has 8 heteroatoms. The molecule has 0 radical (unpaired) electrons. The second-order valence-electron chi connectivity index (χ2n) is 5.58. The number of ether oxygens (including phenoxy) is 2. The first-order valence-corrected chi connectivity index (χ1v) is 7.45. The Kier molecular flexibility index (Phi) is 3.10. The summed E-state index contributed by atoms with van der Waals surface area (Å²) in [6.45, 7) is 1.65. The second-order valence-corrected chi connectivity index (χ2v) is 5.58. The van der Waals surface area contributed by atoms with Crippen molar-refractivity contribution in [1.29, 1.82) is 0 Å². The Morgan fingerprint density at radius 1 is 1.17 bits per heavy atom. The van der Waals surface area contributed by atoms with Crippen LogP contribution in [0.2, 0.25) is 0 Å². The SMILES string of the molecule is Cn1nc2n(c1=O)CCN(C(=O)c1ccc3c(c1)OCO3)CC2. The number of hydrogen-bond donors (Lipinski definition) is 0. The highest BCUT2D eigenvalue weighted by atomic mass is 16.7. The van der Waals surface area contributed by atoms with E-state index in [1.807, 2.05) is 0 Å². The zero-order valence-electron chi connectivity index (χ0n) is 12.7. The van der Waals surface area contributed by atoms with Crippen molar-refractivity contribution in [2.45, 2.75) is 13.0 Å². The van der Waals surface area contributed by atoms with Crippen molar-refractivity contribution in [2.24, 2.45) is 7.05 Å². The van der Waals surface area contributed by atoms with Crippen LogP contribution < -0.4 is 15.2 Å². The van der Waals surface area contributed by atoms with Crippen LogP contribution >= 0.6 is 0 Å². The van der Waals surface area contributed by atoms with Gasteiger partial charge < -0.3 is 14.4 Å². The highest BCUT2D eigenvalue weighted by Crippen LogP contribution is 2.32. The average molecular weight is 316 g/mol. The number of aromatic nitrogens is 3. The predicted molar refractivity (Wildman–Crippen MR) is 79.6 cm³/mol. The average Bonchev–Trinajstić information content (AvgIpc) is 3.05. The number of carbonyl (C=O) groups is 1. The van der Waals surface area contributed by atoms with Gasteiger partial charge >= 0.3 is 5.69 Å². The molecular weight excluding hydrogens is 300 g/mol. The van der Waals surface area contributed by atoms with Crippen molar-refractivity contribution < 1.29 is 14.3 Å². The van der Waals surface area contributed by atoms with Gasteiger partial charge in [-0.2, -0.15) is 5.10 Å². The molecule has 4 rings (SSSR count). The van der Waals surface area contributed by atoms with Crippen LogP contribution in [0.4, 0.5) is 0 Å². The van der Waals surface area contributed by atoms with E-state index in [9.17, 15) is 9.59 Å². The first kappa shape index (κ1) is 13.9. The topological polar surface area (TPSA) is 78.6 Å². The molecule has 0 unspecified atom stereocenters. The molecule has 0 spiro atoms. The van der Waals surface area contributed by atoms with Crippen LogP contribution in [-0.2, 0) is 20.0 Å². The van der Waals surface area contributed by atoms with Gasteiger partial charge in [0, 0.05) is 38.7 Å². The summed E-state index contributed by atoms with van der Waals surface area (Å²) < 4.78 is 13.5. The third kappa shape index (κ3) is 2.26. The van der Waals surface area contributed by atoms with Gasteiger partial charge in [0.05, 0.1) is 0 Å². The summed E-state index contributed by atoms with van der Waals surface area (Å²) >= 11 is 0. The number of hydrogen-bond acceptors (Lipinski definition) is 5. The molecule has 23 heavy (non-hydrogen) atoms. The predicted octanol–water partition coefficient (Wildman–Crippen LogP) is 0.00900. The maximum absolute atomic E-state index is 12.7. The van der Waals surface area contributed by atoms with Gasteiger partial charge in [-0.15, -0.1) is 0 Å². The zero-order valence-corrected chi connectivity index (χ0v) is 12.7. The Morgan fingerprint density at radius 3 is 2.87 bits per heavy atom. The maximum atomic E-state index is 12.7. The van der Waals surface area contributed by atoms with Crippen LogP contribution in [0.5, 0.6) is 11.5 Å². The molecule has 1 aromatic carbocycles. The molecule has 0 saturated heterocycles. The third-order valence-electron chi connectivity index (χ3n) is 4.19. The number of aryl methyl sites for hydroxylation is 1. The molecule has 1 aromatic heterocycles. The lowest BCUT2D eigenvalue weighted by Gasteiger charge is -2.20. The summed E-state index contributed by atoms with van der Waals surface area (Å²) in [4.78, 5) is 26.4. The second kappa shape index (κ2) is 5.15. The third-order valence-corrected chi connectivity index (χ3v) is 4.19. The molecule has 0 aliphatic carbocycles. The maximum Gasteiger partial charge on any atom is 0.345 e. The van der Waals surface area contributed by atoms with Gasteiger partial charge in [0.15, 0.2) is 11.5 Å². The number of fused-ring (bicyclic) bond motifs is 2. The van der Waals surface area contributed by atoms with Gasteiger partial charge in [-0.25, -0.2) is 9.48 Å². The van der Waals surface area contributed by atoms with Crippen molar-refractivity contribution in [1.82, 2.24) is 19.2 Å². The van der Waals surface area contributed by atoms with Crippen LogP contribution in [0, 0.1) is 0 Å². The molecule has 0 saturated carbocycles. The van der Waals surface area contributed by atoms with Crippen LogP contribution in [0.1, 0.15) is 16.2 Å². The van der Waals surface area contributed by atoms with Crippen molar-refractivity contribution in [3.8, 4) is 11.5 Å². The van der Waals surface area contributed by atoms with E-state index >= 15 is 0 Å². The monoisotopic (exact) mass is 316 g/mol. The number of benzene rings is 1. The van der Waals surface area contributed by atoms with Gasteiger partial charge in [-0.1, -0.05) is 0 Å². The Labute approximate surface area is 131 Å². The quantitative estimate of drug-likeness (QED) is 0.740. The fourth-order valence-electron chi connectivity index (χ4n) is 2.95. The highest BCUT2D eigenvalue weighted by molar-refractivity contribution is 5.95. The summed E-state index contributed by atoms with van der Waals surface area (Å²) in [5.41, 5.74) is 0.416. The minimum atomic E-state index is -0.141. The van der Waals surface area contributed by atoms with Crippen LogP contribution in [0.25, 0.3) is 0 Å². The van der Waals surface area contributed by atoms with Gasteiger partial charge in [0.1, 0.15) is 5.82 Å². The standard InChI is InChI=1S/C15H16N4O4/c1-17-15(21)19-7-6-18(5-4-13(19)16-17)14(20)10-2-3-11-12(8-10)23-9-22-11/h2-3,8H,4-7,9H2,1H3. The van der Waals surface area contributed by atoms with Crippen molar-refractivity contribution in [2.75, 3.05) is 19.9 Å². The van der Waals surface area contributed by atoms with E-state index in [4.69, 9.17) is 9.47 Å². The first-order chi connectivity index (χ1) is 11.1. The summed E-state index contributed by atoms with van der Waals surface area (Å²) in [6.07, 6.45) is 0.562. The highest BCUT2D eigenvalue weighted by Gasteiger charge is 2.24. The smallest absolute Gasteiger partial charge is 0.345 e. The van der Waals surface area contributed by atoms with Crippen molar-refractivity contribution in [3.05, 3.63) is 40.1 Å². The molecule has 1 amide bonds. The van der Waals surface area contributed by atoms with E-state index in [-0.39, 0.29) is 18.4 Å². The van der Waals surface area contributed by atoms with E-state index in [0.29, 0.717) is 43.1 Å². The molecule has 3 heterocycles. The summed E-state index contributed by atoms with van der Waals surface area (Å²) in [7, 11) is 1.64. The van der Waals surface area contributed by atoms with Crippen molar-refractivity contribution in [3.63, 3.8) is 0 Å². The van der Waals surface area contributed by atoms with E-state index in [1.165, 1.54) is 4.68 Å². The van der Waals surface area contributed by atoms with E-state index < -0.39 is 0 Å². The normalized spacial score (nSPS) is 16.1. The molecule has 2 aromatic rings. The zero-order chi connectivity index (χ0) is 16.0. The molecular formula is C15H16N4O4. The lowest BCUT2D eigenvalue weighted by atomic mass is 10.1. The van der Waals surface area contributed by atoms with Gasteiger partial charge in [-0.05, 0) is 18.2 Å². The molecule has 0 N–H and O–H groups in total. The number of nitrogens with zero attached hydrogens (tertiary/aromatic N) is 4. The summed E-state index contributed by atoms with van der Waals surface area (Å²) in [5, 5.41) is 4.22. The molecule has 0 fully saturated rings. The lowest BCUT2D eigenvalue weighted by Crippen LogP contribution is -2.35. The Balaban J connectivity index is 1.55.